The maximum atomic E-state index is 14.1. The van der Waals surface area contributed by atoms with Gasteiger partial charge in [-0.1, -0.05) is 6.42 Å². The number of amides is 2. The molecule has 1 aromatic rings. The van der Waals surface area contributed by atoms with Crippen LogP contribution in [0.5, 0.6) is 0 Å². The van der Waals surface area contributed by atoms with E-state index in [2.05, 4.69) is 10.6 Å². The number of nitrogens with one attached hydrogen (secondary N) is 2. The van der Waals surface area contributed by atoms with Gasteiger partial charge in [-0.2, -0.15) is 0 Å². The maximum absolute atomic E-state index is 14.1. The smallest absolute Gasteiger partial charge is 0.224 e. The molecule has 6 heteroatoms. The predicted molar refractivity (Wildman–Crippen MR) is 81.9 cm³/mol. The van der Waals surface area contributed by atoms with E-state index in [9.17, 15) is 14.0 Å². The molecule has 1 heterocycles. The van der Waals surface area contributed by atoms with Crippen molar-refractivity contribution in [3.05, 3.63) is 23.5 Å². The average molecular weight is 305 g/mol. The third-order valence-electron chi connectivity index (χ3n) is 4.53. The van der Waals surface area contributed by atoms with Gasteiger partial charge in [0.25, 0.3) is 0 Å². The number of carbonyl (C=O) groups is 2. The van der Waals surface area contributed by atoms with Gasteiger partial charge in [0, 0.05) is 24.6 Å². The molecule has 4 N–H and O–H groups in total. The summed E-state index contributed by atoms with van der Waals surface area (Å²) in [5.41, 5.74) is 7.40. The summed E-state index contributed by atoms with van der Waals surface area (Å²) in [4.78, 5) is 23.5. The first-order chi connectivity index (χ1) is 10.5. The van der Waals surface area contributed by atoms with Crippen molar-refractivity contribution in [3.8, 4) is 0 Å². The number of halogens is 1. The summed E-state index contributed by atoms with van der Waals surface area (Å²) >= 11 is 0. The Hall–Kier alpha value is -1.95. The van der Waals surface area contributed by atoms with Crippen molar-refractivity contribution in [1.82, 2.24) is 0 Å². The topological polar surface area (TPSA) is 84.2 Å². The SMILES string of the molecule is N[C@@H]1CCC[C@H]1CC(=O)Nc1cc2c(cc1F)CCC(=O)N2. The molecule has 0 bridgehead atoms. The Labute approximate surface area is 128 Å². The lowest BCUT2D eigenvalue weighted by Gasteiger charge is -2.19. The second-order valence-corrected chi connectivity index (χ2v) is 6.14. The number of anilines is 2. The fourth-order valence-corrected chi connectivity index (χ4v) is 3.25. The van der Waals surface area contributed by atoms with E-state index in [1.54, 1.807) is 0 Å². The van der Waals surface area contributed by atoms with E-state index in [1.807, 2.05) is 0 Å². The number of hydrogen-bond donors (Lipinski definition) is 3. The number of benzene rings is 1. The fraction of sp³-hybridized carbons (Fsp3) is 0.500. The van der Waals surface area contributed by atoms with Crippen molar-refractivity contribution in [2.45, 2.75) is 44.6 Å². The summed E-state index contributed by atoms with van der Waals surface area (Å²) < 4.78 is 14.1. The van der Waals surface area contributed by atoms with Crippen LogP contribution in [0.25, 0.3) is 0 Å². The molecular formula is C16H20FN3O2. The first kappa shape index (κ1) is 15.0. The monoisotopic (exact) mass is 305 g/mol. The zero-order valence-electron chi connectivity index (χ0n) is 12.3. The van der Waals surface area contributed by atoms with E-state index >= 15 is 0 Å². The predicted octanol–water partition coefficient (Wildman–Crippen LogP) is 2.17. The number of aryl methyl sites for hydroxylation is 1. The van der Waals surface area contributed by atoms with Gasteiger partial charge in [-0.05, 0) is 42.9 Å². The first-order valence-corrected chi connectivity index (χ1v) is 7.70. The lowest BCUT2D eigenvalue weighted by atomic mass is 9.99. The highest BCUT2D eigenvalue weighted by molar-refractivity contribution is 5.96. The first-order valence-electron chi connectivity index (χ1n) is 7.70. The van der Waals surface area contributed by atoms with Crippen molar-refractivity contribution < 1.29 is 14.0 Å². The lowest BCUT2D eigenvalue weighted by Crippen LogP contribution is -2.28. The van der Waals surface area contributed by atoms with E-state index in [1.165, 1.54) is 12.1 Å². The molecule has 22 heavy (non-hydrogen) atoms. The number of carbonyl (C=O) groups excluding carboxylic acids is 2. The minimum Gasteiger partial charge on any atom is -0.327 e. The lowest BCUT2D eigenvalue weighted by molar-refractivity contribution is -0.117. The molecule has 1 aliphatic carbocycles. The minimum atomic E-state index is -0.473. The van der Waals surface area contributed by atoms with E-state index in [0.29, 0.717) is 24.9 Å². The van der Waals surface area contributed by atoms with Crippen molar-refractivity contribution in [3.63, 3.8) is 0 Å². The molecule has 2 aliphatic rings. The van der Waals surface area contributed by atoms with Crippen LogP contribution in [0.15, 0.2) is 12.1 Å². The Kier molecular flexibility index (Phi) is 4.11. The van der Waals surface area contributed by atoms with Gasteiger partial charge in [0.15, 0.2) is 0 Å². The van der Waals surface area contributed by atoms with E-state index in [0.717, 1.165) is 24.8 Å². The number of hydrogen-bond acceptors (Lipinski definition) is 3. The molecule has 3 rings (SSSR count). The van der Waals surface area contributed by atoms with Crippen molar-refractivity contribution in [1.29, 1.82) is 0 Å². The second-order valence-electron chi connectivity index (χ2n) is 6.14. The molecule has 5 nitrogen and oxygen atoms in total. The summed E-state index contributed by atoms with van der Waals surface area (Å²) in [6.07, 6.45) is 4.11. The molecular weight excluding hydrogens is 285 g/mol. The van der Waals surface area contributed by atoms with Crippen LogP contribution in [0.1, 0.15) is 37.7 Å². The molecule has 1 saturated carbocycles. The molecule has 1 aromatic carbocycles. The number of rotatable bonds is 3. The van der Waals surface area contributed by atoms with Gasteiger partial charge in [-0.15, -0.1) is 0 Å². The van der Waals surface area contributed by atoms with Crippen molar-refractivity contribution >= 4 is 23.2 Å². The summed E-state index contributed by atoms with van der Waals surface area (Å²) in [5.74, 6) is -0.629. The van der Waals surface area contributed by atoms with Gasteiger partial charge in [0.05, 0.1) is 5.69 Å². The van der Waals surface area contributed by atoms with Crippen LogP contribution in [0, 0.1) is 11.7 Å². The van der Waals surface area contributed by atoms with Crippen LogP contribution >= 0.6 is 0 Å². The highest BCUT2D eigenvalue weighted by Crippen LogP contribution is 2.30. The van der Waals surface area contributed by atoms with E-state index in [-0.39, 0.29) is 29.5 Å². The van der Waals surface area contributed by atoms with Gasteiger partial charge in [-0.3, -0.25) is 9.59 Å². The largest absolute Gasteiger partial charge is 0.327 e. The highest BCUT2D eigenvalue weighted by Gasteiger charge is 2.26. The Morgan fingerprint density at radius 3 is 2.91 bits per heavy atom. The maximum Gasteiger partial charge on any atom is 0.224 e. The van der Waals surface area contributed by atoms with Gasteiger partial charge in [0.2, 0.25) is 11.8 Å². The third kappa shape index (κ3) is 3.11. The number of nitrogens with two attached hydrogens (primary N) is 1. The molecule has 0 radical (unpaired) electrons. The Balaban J connectivity index is 1.70. The quantitative estimate of drug-likeness (QED) is 0.800. The van der Waals surface area contributed by atoms with Gasteiger partial charge in [-0.25, -0.2) is 4.39 Å². The summed E-state index contributed by atoms with van der Waals surface area (Å²) in [6, 6.07) is 2.93. The normalized spacial score (nSPS) is 23.8. The van der Waals surface area contributed by atoms with E-state index < -0.39 is 5.82 Å². The molecule has 1 fully saturated rings. The van der Waals surface area contributed by atoms with Crippen molar-refractivity contribution in [2.24, 2.45) is 11.7 Å². The zero-order chi connectivity index (χ0) is 15.7. The van der Waals surface area contributed by atoms with Crippen molar-refractivity contribution in [2.75, 3.05) is 10.6 Å². The summed E-state index contributed by atoms with van der Waals surface area (Å²) in [6.45, 7) is 0. The van der Waals surface area contributed by atoms with Gasteiger partial charge in [0.1, 0.15) is 5.82 Å². The zero-order valence-corrected chi connectivity index (χ0v) is 12.3. The van der Waals surface area contributed by atoms with Crippen LogP contribution in [-0.2, 0) is 16.0 Å². The molecule has 0 aromatic heterocycles. The summed E-state index contributed by atoms with van der Waals surface area (Å²) in [7, 11) is 0. The van der Waals surface area contributed by atoms with Crippen LogP contribution in [-0.4, -0.2) is 17.9 Å². The molecule has 0 unspecified atom stereocenters. The highest BCUT2D eigenvalue weighted by atomic mass is 19.1. The summed E-state index contributed by atoms with van der Waals surface area (Å²) in [5, 5.41) is 5.31. The van der Waals surface area contributed by atoms with Crippen LogP contribution in [0.4, 0.5) is 15.8 Å². The molecule has 118 valence electrons. The molecule has 2 amide bonds. The molecule has 0 saturated heterocycles. The Morgan fingerprint density at radius 2 is 2.18 bits per heavy atom. The standard InChI is InChI=1S/C16H20FN3O2/c17-11-6-10-4-5-15(21)19-13(10)8-14(11)20-16(22)7-9-2-1-3-12(9)18/h6,8-9,12H,1-5,7,18H2,(H,19,21)(H,20,22)/t9-,12+/m0/s1. The third-order valence-corrected chi connectivity index (χ3v) is 4.53. The van der Waals surface area contributed by atoms with E-state index in [4.69, 9.17) is 5.73 Å². The molecule has 2 atom stereocenters. The molecule has 0 spiro atoms. The van der Waals surface area contributed by atoms with Gasteiger partial charge < -0.3 is 16.4 Å². The van der Waals surface area contributed by atoms with Crippen LogP contribution < -0.4 is 16.4 Å². The molecule has 1 aliphatic heterocycles. The van der Waals surface area contributed by atoms with Crippen LogP contribution in [0.2, 0.25) is 0 Å². The fourth-order valence-electron chi connectivity index (χ4n) is 3.25. The second kappa shape index (κ2) is 6.04. The minimum absolute atomic E-state index is 0.0541. The van der Waals surface area contributed by atoms with Gasteiger partial charge >= 0.3 is 0 Å². The Bertz CT molecular complexity index is 618. The van der Waals surface area contributed by atoms with Crippen LogP contribution in [0.3, 0.4) is 0 Å². The Morgan fingerprint density at radius 1 is 1.36 bits per heavy atom. The average Bonchev–Trinajstić information content (AvgIpc) is 2.85. The number of fused-ring (bicyclic) bond motifs is 1.